The number of aromatic nitrogens is 2. The molecule has 0 spiro atoms. The molecule has 7 nitrogen and oxygen atoms in total. The first-order chi connectivity index (χ1) is 12.6. The maximum Gasteiger partial charge on any atom is 0.216 e. The van der Waals surface area contributed by atoms with E-state index < -0.39 is 0 Å². The number of rotatable bonds is 6. The first-order valence-electron chi connectivity index (χ1n) is 8.66. The maximum absolute atomic E-state index is 10.9. The summed E-state index contributed by atoms with van der Waals surface area (Å²) in [4.78, 5) is 21.9. The largest absolute Gasteiger partial charge is 0.368 e. The standard InChI is InChI=1S/C18H23ClN6O/c1-13(26)21-6-7-22-17-10-18(24-12-23-17)25-9-8-20-11-16(25)14-2-4-15(19)5-3-14/h2-5,10,12,16,20H,6-9,11H2,1H3,(H,21,26)(H,22,23,24). The smallest absolute Gasteiger partial charge is 0.216 e. The van der Waals surface area contributed by atoms with Crippen molar-refractivity contribution in [1.82, 2.24) is 20.6 Å². The molecule has 1 atom stereocenters. The van der Waals surface area contributed by atoms with Crippen LogP contribution in [0.1, 0.15) is 18.5 Å². The topological polar surface area (TPSA) is 82.2 Å². The average Bonchev–Trinajstić information content (AvgIpc) is 2.66. The van der Waals surface area contributed by atoms with Gasteiger partial charge in [0.05, 0.1) is 6.04 Å². The van der Waals surface area contributed by atoms with Gasteiger partial charge in [-0.2, -0.15) is 0 Å². The van der Waals surface area contributed by atoms with E-state index in [0.29, 0.717) is 13.1 Å². The van der Waals surface area contributed by atoms with Gasteiger partial charge in [-0.1, -0.05) is 23.7 Å². The van der Waals surface area contributed by atoms with Crippen LogP contribution in [0.4, 0.5) is 11.6 Å². The molecule has 1 aliphatic heterocycles. The molecule has 138 valence electrons. The van der Waals surface area contributed by atoms with Gasteiger partial charge in [-0.15, -0.1) is 0 Å². The summed E-state index contributed by atoms with van der Waals surface area (Å²) in [6, 6.07) is 10.1. The Kier molecular flexibility index (Phi) is 6.25. The summed E-state index contributed by atoms with van der Waals surface area (Å²) >= 11 is 6.02. The third-order valence-electron chi connectivity index (χ3n) is 4.25. The van der Waals surface area contributed by atoms with Crippen LogP contribution < -0.4 is 20.9 Å². The summed E-state index contributed by atoms with van der Waals surface area (Å²) in [5, 5.41) is 10.1. The summed E-state index contributed by atoms with van der Waals surface area (Å²) in [6.07, 6.45) is 1.57. The van der Waals surface area contributed by atoms with Crippen LogP contribution in [0.3, 0.4) is 0 Å². The predicted molar refractivity (Wildman–Crippen MR) is 104 cm³/mol. The Balaban J connectivity index is 1.72. The zero-order valence-corrected chi connectivity index (χ0v) is 15.5. The number of nitrogens with zero attached hydrogens (tertiary/aromatic N) is 3. The van der Waals surface area contributed by atoms with E-state index in [1.807, 2.05) is 18.2 Å². The highest BCUT2D eigenvalue weighted by Crippen LogP contribution is 2.28. The summed E-state index contributed by atoms with van der Waals surface area (Å²) in [6.45, 7) is 5.27. The van der Waals surface area contributed by atoms with Crippen molar-refractivity contribution >= 4 is 29.1 Å². The van der Waals surface area contributed by atoms with Crippen molar-refractivity contribution in [2.45, 2.75) is 13.0 Å². The minimum atomic E-state index is -0.0400. The second-order valence-corrected chi connectivity index (χ2v) is 6.57. The van der Waals surface area contributed by atoms with Crippen LogP contribution in [0, 0.1) is 0 Å². The molecule has 2 aromatic rings. The number of amides is 1. The Morgan fingerprint density at radius 1 is 1.31 bits per heavy atom. The highest BCUT2D eigenvalue weighted by atomic mass is 35.5. The molecule has 1 fully saturated rings. The van der Waals surface area contributed by atoms with Crippen LogP contribution in [-0.4, -0.2) is 48.6 Å². The van der Waals surface area contributed by atoms with E-state index in [2.05, 4.69) is 43.0 Å². The number of halogens is 1. The van der Waals surface area contributed by atoms with E-state index in [-0.39, 0.29) is 11.9 Å². The van der Waals surface area contributed by atoms with Gasteiger partial charge in [-0.05, 0) is 17.7 Å². The molecule has 1 aromatic heterocycles. The summed E-state index contributed by atoms with van der Waals surface area (Å²) < 4.78 is 0. The molecule has 0 saturated carbocycles. The molecule has 1 saturated heterocycles. The lowest BCUT2D eigenvalue weighted by Crippen LogP contribution is -2.46. The first kappa shape index (κ1) is 18.4. The van der Waals surface area contributed by atoms with Crippen LogP contribution in [0.2, 0.25) is 5.02 Å². The van der Waals surface area contributed by atoms with Gasteiger partial charge in [-0.3, -0.25) is 4.79 Å². The minimum Gasteiger partial charge on any atom is -0.368 e. The van der Waals surface area contributed by atoms with Gasteiger partial charge >= 0.3 is 0 Å². The fourth-order valence-electron chi connectivity index (χ4n) is 2.99. The van der Waals surface area contributed by atoms with E-state index in [1.165, 1.54) is 12.5 Å². The quantitative estimate of drug-likeness (QED) is 0.669. The van der Waals surface area contributed by atoms with Crippen LogP contribution in [0.5, 0.6) is 0 Å². The van der Waals surface area contributed by atoms with Gasteiger partial charge < -0.3 is 20.9 Å². The molecule has 1 amide bonds. The van der Waals surface area contributed by atoms with Crippen molar-refractivity contribution in [3.63, 3.8) is 0 Å². The molecule has 2 heterocycles. The molecule has 0 aliphatic carbocycles. The van der Waals surface area contributed by atoms with E-state index in [9.17, 15) is 4.79 Å². The monoisotopic (exact) mass is 374 g/mol. The third-order valence-corrected chi connectivity index (χ3v) is 4.50. The molecule has 3 rings (SSSR count). The SMILES string of the molecule is CC(=O)NCCNc1cc(N2CCNCC2c2ccc(Cl)cc2)ncn1. The summed E-state index contributed by atoms with van der Waals surface area (Å²) in [7, 11) is 0. The first-order valence-corrected chi connectivity index (χ1v) is 9.04. The molecular formula is C18H23ClN6O. The number of anilines is 2. The van der Waals surface area contributed by atoms with Crippen LogP contribution in [0.25, 0.3) is 0 Å². The van der Waals surface area contributed by atoms with Crippen LogP contribution in [-0.2, 0) is 4.79 Å². The number of hydrogen-bond acceptors (Lipinski definition) is 6. The van der Waals surface area contributed by atoms with E-state index in [4.69, 9.17) is 11.6 Å². The summed E-state index contributed by atoms with van der Waals surface area (Å²) in [5.74, 6) is 1.58. The van der Waals surface area contributed by atoms with Gasteiger partial charge in [-0.25, -0.2) is 9.97 Å². The minimum absolute atomic E-state index is 0.0400. The van der Waals surface area contributed by atoms with E-state index in [0.717, 1.165) is 36.3 Å². The highest BCUT2D eigenvalue weighted by Gasteiger charge is 2.25. The van der Waals surface area contributed by atoms with Crippen LogP contribution >= 0.6 is 11.6 Å². The third kappa shape index (κ3) is 4.83. The van der Waals surface area contributed by atoms with Crippen molar-refractivity contribution in [3.8, 4) is 0 Å². The lowest BCUT2D eigenvalue weighted by Gasteiger charge is -2.37. The number of hydrogen-bond donors (Lipinski definition) is 3. The van der Waals surface area contributed by atoms with Gasteiger partial charge in [0.2, 0.25) is 5.91 Å². The molecule has 3 N–H and O–H groups in total. The van der Waals surface area contributed by atoms with Gasteiger partial charge in [0, 0.05) is 50.7 Å². The Hall–Kier alpha value is -2.38. The molecular weight excluding hydrogens is 352 g/mol. The molecule has 1 aromatic carbocycles. The Morgan fingerprint density at radius 2 is 2.12 bits per heavy atom. The Morgan fingerprint density at radius 3 is 2.88 bits per heavy atom. The van der Waals surface area contributed by atoms with Crippen molar-refractivity contribution in [1.29, 1.82) is 0 Å². The highest BCUT2D eigenvalue weighted by molar-refractivity contribution is 6.30. The predicted octanol–water partition coefficient (Wildman–Crippen LogP) is 1.83. The number of carbonyl (C=O) groups is 1. The lowest BCUT2D eigenvalue weighted by molar-refractivity contribution is -0.118. The molecule has 1 aliphatic rings. The second-order valence-electron chi connectivity index (χ2n) is 6.14. The van der Waals surface area contributed by atoms with E-state index in [1.54, 1.807) is 6.33 Å². The van der Waals surface area contributed by atoms with Crippen molar-refractivity contribution in [2.75, 3.05) is 42.9 Å². The fourth-order valence-corrected chi connectivity index (χ4v) is 3.12. The molecule has 0 bridgehead atoms. The van der Waals surface area contributed by atoms with Gasteiger partial charge in [0.15, 0.2) is 0 Å². The lowest BCUT2D eigenvalue weighted by atomic mass is 10.0. The second kappa shape index (κ2) is 8.82. The number of benzene rings is 1. The van der Waals surface area contributed by atoms with Gasteiger partial charge in [0.1, 0.15) is 18.0 Å². The molecule has 0 radical (unpaired) electrons. The van der Waals surface area contributed by atoms with E-state index >= 15 is 0 Å². The fraction of sp³-hybridized carbons (Fsp3) is 0.389. The maximum atomic E-state index is 10.9. The zero-order chi connectivity index (χ0) is 18.4. The number of piperazine rings is 1. The summed E-state index contributed by atoms with van der Waals surface area (Å²) in [5.41, 5.74) is 1.19. The van der Waals surface area contributed by atoms with Crippen molar-refractivity contribution < 1.29 is 4.79 Å². The average molecular weight is 375 g/mol. The zero-order valence-electron chi connectivity index (χ0n) is 14.7. The van der Waals surface area contributed by atoms with Crippen LogP contribution in [0.15, 0.2) is 36.7 Å². The Bertz CT molecular complexity index is 739. The Labute approximate surface area is 158 Å². The van der Waals surface area contributed by atoms with Crippen molar-refractivity contribution in [2.24, 2.45) is 0 Å². The normalized spacial score (nSPS) is 17.0. The van der Waals surface area contributed by atoms with Crippen molar-refractivity contribution in [3.05, 3.63) is 47.2 Å². The van der Waals surface area contributed by atoms with Gasteiger partial charge in [0.25, 0.3) is 0 Å². The molecule has 1 unspecified atom stereocenters. The number of carbonyl (C=O) groups excluding carboxylic acids is 1. The molecule has 26 heavy (non-hydrogen) atoms. The molecule has 8 heteroatoms. The number of nitrogens with one attached hydrogen (secondary N) is 3.